The average molecular weight is 339 g/mol. The Balaban J connectivity index is 1.87. The highest BCUT2D eigenvalue weighted by Gasteiger charge is 2.37. The van der Waals surface area contributed by atoms with E-state index in [-0.39, 0.29) is 5.92 Å². The van der Waals surface area contributed by atoms with Gasteiger partial charge >= 0.3 is 5.97 Å². The molecule has 0 saturated heterocycles. The number of carboxylic acids is 1. The molecule has 2 atom stereocenters. The average Bonchev–Trinajstić information content (AvgIpc) is 2.65. The number of hydrogen-bond donors (Lipinski definition) is 1. The van der Waals surface area contributed by atoms with Gasteiger partial charge in [-0.25, -0.2) is 4.79 Å². The molecule has 1 fully saturated rings. The molecule has 0 heterocycles. The Bertz CT molecular complexity index is 652. The van der Waals surface area contributed by atoms with Crippen LogP contribution in [0, 0.1) is 29.1 Å². The van der Waals surface area contributed by atoms with Gasteiger partial charge in [-0.05, 0) is 86.0 Å². The van der Waals surface area contributed by atoms with Crippen LogP contribution in [-0.2, 0) is 6.42 Å². The fourth-order valence-electron chi connectivity index (χ4n) is 5.09. The lowest BCUT2D eigenvalue weighted by Crippen LogP contribution is -2.30. The van der Waals surface area contributed by atoms with Crippen LogP contribution in [0.15, 0.2) is 18.2 Å². The quantitative estimate of drug-likeness (QED) is 0.765. The van der Waals surface area contributed by atoms with Crippen LogP contribution in [0.25, 0.3) is 0 Å². The van der Waals surface area contributed by atoms with Crippen molar-refractivity contribution >= 4 is 5.97 Å². The van der Waals surface area contributed by atoms with E-state index in [1.807, 2.05) is 6.07 Å². The predicted octanol–water partition coefficient (Wildman–Crippen LogP) is 5.55. The summed E-state index contributed by atoms with van der Waals surface area (Å²) in [4.78, 5) is 11.3. The predicted molar refractivity (Wildman–Crippen MR) is 98.5 cm³/mol. The second-order valence-electron chi connectivity index (χ2n) is 7.93. The number of nitriles is 1. The normalized spacial score (nSPS) is 28.8. The smallest absolute Gasteiger partial charge is 0.335 e. The first kappa shape index (κ1) is 18.0. The van der Waals surface area contributed by atoms with E-state index in [2.05, 4.69) is 19.1 Å². The van der Waals surface area contributed by atoms with Gasteiger partial charge in [0.05, 0.1) is 11.6 Å². The van der Waals surface area contributed by atoms with Crippen LogP contribution in [0.1, 0.15) is 85.7 Å². The maximum atomic E-state index is 11.3. The van der Waals surface area contributed by atoms with E-state index in [9.17, 15) is 15.2 Å². The standard InChI is InChI=1S/C22H29NO2/c1-2-3-4-16-9-10-18-13-19(22(24)25)11-12-20(18)21(16)17-7-5-15(14-23)6-8-17/h11-13,15-17,21H,2-10H2,1H3,(H,24,25)/t15-,16?,17-,21?. The van der Waals surface area contributed by atoms with Gasteiger partial charge in [0.1, 0.15) is 0 Å². The van der Waals surface area contributed by atoms with E-state index < -0.39 is 5.97 Å². The zero-order chi connectivity index (χ0) is 17.8. The third kappa shape index (κ3) is 3.89. The van der Waals surface area contributed by atoms with Gasteiger partial charge < -0.3 is 5.11 Å². The first-order valence-corrected chi connectivity index (χ1v) is 9.89. The topological polar surface area (TPSA) is 61.1 Å². The van der Waals surface area contributed by atoms with Crippen molar-refractivity contribution < 1.29 is 9.90 Å². The maximum absolute atomic E-state index is 11.3. The summed E-state index contributed by atoms with van der Waals surface area (Å²) in [7, 11) is 0. The van der Waals surface area contributed by atoms with Crippen LogP contribution in [0.2, 0.25) is 0 Å². The molecule has 25 heavy (non-hydrogen) atoms. The molecule has 0 spiro atoms. The van der Waals surface area contributed by atoms with Gasteiger partial charge in [0.25, 0.3) is 0 Å². The summed E-state index contributed by atoms with van der Waals surface area (Å²) in [5.74, 6) is 1.33. The number of aryl methyl sites for hydroxylation is 1. The van der Waals surface area contributed by atoms with Crippen LogP contribution in [0.5, 0.6) is 0 Å². The van der Waals surface area contributed by atoms with Gasteiger partial charge in [0.2, 0.25) is 0 Å². The molecule has 3 rings (SSSR count). The lowest BCUT2D eigenvalue weighted by atomic mass is 9.63. The number of carboxylic acid groups (broad SMARTS) is 1. The van der Waals surface area contributed by atoms with Gasteiger partial charge in [-0.3, -0.25) is 0 Å². The lowest BCUT2D eigenvalue weighted by Gasteiger charge is -2.41. The number of hydrogen-bond acceptors (Lipinski definition) is 2. The van der Waals surface area contributed by atoms with Crippen molar-refractivity contribution in [2.75, 3.05) is 0 Å². The molecule has 1 saturated carbocycles. The van der Waals surface area contributed by atoms with Gasteiger partial charge in [-0.15, -0.1) is 0 Å². The Labute approximate surface area is 151 Å². The van der Waals surface area contributed by atoms with E-state index in [0.29, 0.717) is 23.3 Å². The monoisotopic (exact) mass is 339 g/mol. The molecule has 1 aromatic rings. The van der Waals surface area contributed by atoms with Crippen LogP contribution in [0.4, 0.5) is 0 Å². The molecular formula is C22H29NO2. The Morgan fingerprint density at radius 3 is 2.64 bits per heavy atom. The molecule has 2 unspecified atom stereocenters. The third-order valence-corrected chi connectivity index (χ3v) is 6.43. The Kier molecular flexibility index (Phi) is 5.78. The highest BCUT2D eigenvalue weighted by Crippen LogP contribution is 2.48. The third-order valence-electron chi connectivity index (χ3n) is 6.43. The first-order chi connectivity index (χ1) is 12.1. The summed E-state index contributed by atoms with van der Waals surface area (Å²) >= 11 is 0. The van der Waals surface area contributed by atoms with Crippen molar-refractivity contribution in [3.05, 3.63) is 34.9 Å². The molecule has 3 nitrogen and oxygen atoms in total. The van der Waals surface area contributed by atoms with Gasteiger partial charge in [0.15, 0.2) is 0 Å². The second kappa shape index (κ2) is 8.04. The van der Waals surface area contributed by atoms with Crippen LogP contribution in [-0.4, -0.2) is 11.1 Å². The van der Waals surface area contributed by atoms with Crippen molar-refractivity contribution in [1.82, 2.24) is 0 Å². The number of rotatable bonds is 5. The molecule has 1 N–H and O–H groups in total. The van der Waals surface area contributed by atoms with Crippen molar-refractivity contribution in [2.45, 2.75) is 70.6 Å². The number of benzene rings is 1. The summed E-state index contributed by atoms with van der Waals surface area (Å²) < 4.78 is 0. The second-order valence-corrected chi connectivity index (χ2v) is 7.93. The highest BCUT2D eigenvalue weighted by molar-refractivity contribution is 5.88. The van der Waals surface area contributed by atoms with Crippen LogP contribution < -0.4 is 0 Å². The van der Waals surface area contributed by atoms with E-state index in [0.717, 1.165) is 32.1 Å². The lowest BCUT2D eigenvalue weighted by molar-refractivity contribution is 0.0696. The molecule has 0 radical (unpaired) electrons. The van der Waals surface area contributed by atoms with Crippen molar-refractivity contribution in [2.24, 2.45) is 17.8 Å². The SMILES string of the molecule is CCCCC1CCc2cc(C(=O)O)ccc2C1[C@H]1CC[C@H](C#N)CC1. The number of fused-ring (bicyclic) bond motifs is 1. The largest absolute Gasteiger partial charge is 0.478 e. The summed E-state index contributed by atoms with van der Waals surface area (Å²) in [5.41, 5.74) is 3.07. The highest BCUT2D eigenvalue weighted by atomic mass is 16.4. The van der Waals surface area contributed by atoms with Gasteiger partial charge in [-0.1, -0.05) is 25.8 Å². The molecule has 134 valence electrons. The van der Waals surface area contributed by atoms with E-state index in [1.165, 1.54) is 36.8 Å². The minimum Gasteiger partial charge on any atom is -0.478 e. The molecule has 0 bridgehead atoms. The van der Waals surface area contributed by atoms with Crippen molar-refractivity contribution in [3.8, 4) is 6.07 Å². The van der Waals surface area contributed by atoms with E-state index in [4.69, 9.17) is 0 Å². The molecule has 0 amide bonds. The number of unbranched alkanes of at least 4 members (excludes halogenated alkanes) is 1. The number of carbonyl (C=O) groups is 1. The molecular weight excluding hydrogens is 310 g/mol. The fraction of sp³-hybridized carbons (Fsp3) is 0.636. The maximum Gasteiger partial charge on any atom is 0.335 e. The van der Waals surface area contributed by atoms with Crippen LogP contribution in [0.3, 0.4) is 0 Å². The van der Waals surface area contributed by atoms with Crippen LogP contribution >= 0.6 is 0 Å². The minimum atomic E-state index is -0.831. The molecule has 2 aliphatic rings. The number of nitrogens with zero attached hydrogens (tertiary/aromatic N) is 1. The Morgan fingerprint density at radius 1 is 1.24 bits per heavy atom. The zero-order valence-electron chi connectivity index (χ0n) is 15.2. The van der Waals surface area contributed by atoms with E-state index in [1.54, 1.807) is 6.07 Å². The summed E-state index contributed by atoms with van der Waals surface area (Å²) in [6.45, 7) is 2.25. The number of aromatic carboxylic acids is 1. The summed E-state index contributed by atoms with van der Waals surface area (Å²) in [6, 6.07) is 8.24. The first-order valence-electron chi connectivity index (χ1n) is 9.89. The van der Waals surface area contributed by atoms with Gasteiger partial charge in [0, 0.05) is 5.92 Å². The Hall–Kier alpha value is -1.82. The van der Waals surface area contributed by atoms with Crippen molar-refractivity contribution in [1.29, 1.82) is 5.26 Å². The summed E-state index contributed by atoms with van der Waals surface area (Å²) in [6.07, 6.45) is 10.3. The van der Waals surface area contributed by atoms with Crippen molar-refractivity contribution in [3.63, 3.8) is 0 Å². The molecule has 0 aliphatic heterocycles. The molecule has 3 heteroatoms. The summed E-state index contributed by atoms with van der Waals surface area (Å²) in [5, 5.41) is 18.5. The molecule has 1 aromatic carbocycles. The van der Waals surface area contributed by atoms with E-state index >= 15 is 0 Å². The molecule has 2 aliphatic carbocycles. The fourth-order valence-corrected chi connectivity index (χ4v) is 5.09. The Morgan fingerprint density at radius 2 is 2.00 bits per heavy atom. The molecule has 0 aromatic heterocycles. The minimum absolute atomic E-state index is 0.239. The van der Waals surface area contributed by atoms with Gasteiger partial charge in [-0.2, -0.15) is 5.26 Å². The zero-order valence-corrected chi connectivity index (χ0v) is 15.2.